The molecule has 0 saturated heterocycles. The van der Waals surface area contributed by atoms with Crippen molar-refractivity contribution in [2.24, 2.45) is 5.92 Å². The monoisotopic (exact) mass is 284 g/mol. The molecule has 1 saturated carbocycles. The molecule has 2 rings (SSSR count). The summed E-state index contributed by atoms with van der Waals surface area (Å²) in [5.74, 6) is 3.23. The average Bonchev–Trinajstić information content (AvgIpc) is 2.83. The zero-order valence-corrected chi connectivity index (χ0v) is 12.9. The fourth-order valence-corrected chi connectivity index (χ4v) is 3.69. The normalized spacial score (nSPS) is 16.7. The lowest BCUT2D eigenvalue weighted by Crippen LogP contribution is -2.03. The Labute approximate surface area is 119 Å². The standard InChI is InChI=1S/C14H21ClN2S/c1-9(2)13-16-12(15)10(3)14(17-13)18-8-11-6-4-5-7-11/h9,11H,4-8H2,1-3H3. The second-order valence-corrected chi connectivity index (χ2v) is 6.79. The van der Waals surface area contributed by atoms with Gasteiger partial charge in [-0.15, -0.1) is 11.8 Å². The van der Waals surface area contributed by atoms with Crippen LogP contribution in [0, 0.1) is 12.8 Å². The third kappa shape index (κ3) is 3.39. The Morgan fingerprint density at radius 3 is 2.56 bits per heavy atom. The van der Waals surface area contributed by atoms with E-state index in [1.165, 1.54) is 31.4 Å². The summed E-state index contributed by atoms with van der Waals surface area (Å²) in [7, 11) is 0. The topological polar surface area (TPSA) is 25.8 Å². The molecule has 0 aromatic carbocycles. The molecule has 1 aliphatic rings. The summed E-state index contributed by atoms with van der Waals surface area (Å²) >= 11 is 8.05. The molecule has 100 valence electrons. The predicted molar refractivity (Wildman–Crippen MR) is 78.6 cm³/mol. The first kappa shape index (κ1) is 14.1. The van der Waals surface area contributed by atoms with Crippen LogP contribution in [0.3, 0.4) is 0 Å². The van der Waals surface area contributed by atoms with Crippen molar-refractivity contribution in [1.29, 1.82) is 0 Å². The number of halogens is 1. The fourth-order valence-electron chi connectivity index (χ4n) is 2.26. The third-order valence-corrected chi connectivity index (χ3v) is 5.18. The first-order valence-electron chi connectivity index (χ1n) is 6.74. The van der Waals surface area contributed by atoms with Gasteiger partial charge in [0.2, 0.25) is 0 Å². The second-order valence-electron chi connectivity index (χ2n) is 5.42. The van der Waals surface area contributed by atoms with Gasteiger partial charge in [-0.3, -0.25) is 0 Å². The molecular weight excluding hydrogens is 264 g/mol. The Bertz CT molecular complexity index is 415. The van der Waals surface area contributed by atoms with Crippen LogP contribution in [0.25, 0.3) is 0 Å². The number of thioether (sulfide) groups is 1. The maximum absolute atomic E-state index is 6.19. The van der Waals surface area contributed by atoms with Gasteiger partial charge in [0.1, 0.15) is 16.0 Å². The lowest BCUT2D eigenvalue weighted by Gasteiger charge is -2.12. The summed E-state index contributed by atoms with van der Waals surface area (Å²) in [4.78, 5) is 9.01. The lowest BCUT2D eigenvalue weighted by molar-refractivity contribution is 0.622. The highest BCUT2D eigenvalue weighted by molar-refractivity contribution is 7.99. The predicted octanol–water partition coefficient (Wildman–Crippen LogP) is 4.84. The van der Waals surface area contributed by atoms with Crippen LogP contribution in [0.4, 0.5) is 0 Å². The van der Waals surface area contributed by atoms with Crippen molar-refractivity contribution in [1.82, 2.24) is 9.97 Å². The molecule has 0 aliphatic heterocycles. The molecular formula is C14H21ClN2S. The van der Waals surface area contributed by atoms with Crippen molar-refractivity contribution in [3.8, 4) is 0 Å². The van der Waals surface area contributed by atoms with Crippen LogP contribution in [-0.2, 0) is 0 Å². The second kappa shape index (κ2) is 6.25. The highest BCUT2D eigenvalue weighted by Gasteiger charge is 2.17. The number of nitrogens with zero attached hydrogens (tertiary/aromatic N) is 2. The third-order valence-electron chi connectivity index (χ3n) is 3.51. The van der Waals surface area contributed by atoms with E-state index in [1.807, 2.05) is 18.7 Å². The Balaban J connectivity index is 2.10. The molecule has 2 nitrogen and oxygen atoms in total. The van der Waals surface area contributed by atoms with Crippen molar-refractivity contribution >= 4 is 23.4 Å². The minimum atomic E-state index is 0.328. The van der Waals surface area contributed by atoms with E-state index in [-0.39, 0.29) is 0 Å². The zero-order valence-electron chi connectivity index (χ0n) is 11.4. The maximum Gasteiger partial charge on any atom is 0.136 e. The molecule has 1 heterocycles. The summed E-state index contributed by atoms with van der Waals surface area (Å²) in [5.41, 5.74) is 1.03. The van der Waals surface area contributed by atoms with Crippen LogP contribution in [0.15, 0.2) is 5.03 Å². The molecule has 1 aliphatic carbocycles. The summed E-state index contributed by atoms with van der Waals surface area (Å²) in [5, 5.41) is 1.69. The SMILES string of the molecule is Cc1c(Cl)nc(C(C)C)nc1SCC1CCCC1. The van der Waals surface area contributed by atoms with Crippen LogP contribution in [0.1, 0.15) is 56.8 Å². The van der Waals surface area contributed by atoms with Crippen LogP contribution in [0.5, 0.6) is 0 Å². The molecule has 0 unspecified atom stereocenters. The van der Waals surface area contributed by atoms with Gasteiger partial charge in [0, 0.05) is 17.2 Å². The van der Waals surface area contributed by atoms with Gasteiger partial charge in [0.15, 0.2) is 0 Å². The molecule has 0 radical (unpaired) electrons. The van der Waals surface area contributed by atoms with Gasteiger partial charge in [-0.25, -0.2) is 9.97 Å². The van der Waals surface area contributed by atoms with Crippen molar-refractivity contribution < 1.29 is 0 Å². The Morgan fingerprint density at radius 1 is 1.28 bits per heavy atom. The molecule has 0 spiro atoms. The Hall–Kier alpha value is -0.280. The lowest BCUT2D eigenvalue weighted by atomic mass is 10.1. The highest BCUT2D eigenvalue weighted by atomic mass is 35.5. The van der Waals surface area contributed by atoms with Crippen LogP contribution < -0.4 is 0 Å². The first-order valence-corrected chi connectivity index (χ1v) is 8.11. The minimum Gasteiger partial charge on any atom is -0.226 e. The highest BCUT2D eigenvalue weighted by Crippen LogP contribution is 2.33. The van der Waals surface area contributed by atoms with E-state index in [4.69, 9.17) is 11.6 Å². The molecule has 1 aromatic rings. The molecule has 0 bridgehead atoms. The van der Waals surface area contributed by atoms with Crippen LogP contribution in [-0.4, -0.2) is 15.7 Å². The quantitative estimate of drug-likeness (QED) is 0.584. The number of hydrogen-bond donors (Lipinski definition) is 0. The maximum atomic E-state index is 6.19. The first-order chi connectivity index (χ1) is 8.58. The Kier molecular flexibility index (Phi) is 4.91. The van der Waals surface area contributed by atoms with Gasteiger partial charge in [-0.1, -0.05) is 38.3 Å². The Morgan fingerprint density at radius 2 is 1.94 bits per heavy atom. The van der Waals surface area contributed by atoms with E-state index in [9.17, 15) is 0 Å². The van der Waals surface area contributed by atoms with Crippen molar-refractivity contribution in [2.45, 2.75) is 57.4 Å². The van der Waals surface area contributed by atoms with Gasteiger partial charge in [0.05, 0.1) is 0 Å². The minimum absolute atomic E-state index is 0.328. The van der Waals surface area contributed by atoms with Crippen molar-refractivity contribution in [2.75, 3.05) is 5.75 Å². The van der Waals surface area contributed by atoms with E-state index in [1.54, 1.807) is 0 Å². The van der Waals surface area contributed by atoms with Gasteiger partial charge in [0.25, 0.3) is 0 Å². The van der Waals surface area contributed by atoms with Crippen LogP contribution >= 0.6 is 23.4 Å². The van der Waals surface area contributed by atoms with E-state index >= 15 is 0 Å². The number of hydrogen-bond acceptors (Lipinski definition) is 3. The fraction of sp³-hybridized carbons (Fsp3) is 0.714. The van der Waals surface area contributed by atoms with Crippen molar-refractivity contribution in [3.05, 3.63) is 16.5 Å². The van der Waals surface area contributed by atoms with Crippen molar-refractivity contribution in [3.63, 3.8) is 0 Å². The molecule has 0 atom stereocenters. The van der Waals surface area contributed by atoms with Gasteiger partial charge in [-0.05, 0) is 25.7 Å². The molecule has 4 heteroatoms. The smallest absolute Gasteiger partial charge is 0.136 e. The van der Waals surface area contributed by atoms with E-state index in [0.29, 0.717) is 11.1 Å². The summed E-state index contributed by atoms with van der Waals surface area (Å²) in [6, 6.07) is 0. The van der Waals surface area contributed by atoms with E-state index in [2.05, 4.69) is 23.8 Å². The van der Waals surface area contributed by atoms with E-state index in [0.717, 1.165) is 22.3 Å². The number of rotatable bonds is 4. The molecule has 1 aromatic heterocycles. The summed E-state index contributed by atoms with van der Waals surface area (Å²) in [6.45, 7) is 6.22. The summed E-state index contributed by atoms with van der Waals surface area (Å²) < 4.78 is 0. The van der Waals surface area contributed by atoms with Gasteiger partial charge < -0.3 is 0 Å². The molecule has 0 N–H and O–H groups in total. The van der Waals surface area contributed by atoms with Crippen LogP contribution in [0.2, 0.25) is 5.15 Å². The molecule has 18 heavy (non-hydrogen) atoms. The zero-order chi connectivity index (χ0) is 13.1. The van der Waals surface area contributed by atoms with Gasteiger partial charge in [-0.2, -0.15) is 0 Å². The largest absolute Gasteiger partial charge is 0.226 e. The molecule has 0 amide bonds. The number of aromatic nitrogens is 2. The summed E-state index contributed by atoms with van der Waals surface area (Å²) in [6.07, 6.45) is 5.54. The van der Waals surface area contributed by atoms with Gasteiger partial charge >= 0.3 is 0 Å². The average molecular weight is 285 g/mol. The van der Waals surface area contributed by atoms with E-state index < -0.39 is 0 Å². The molecule has 1 fully saturated rings.